The molecule has 0 amide bonds. The quantitative estimate of drug-likeness (QED) is 0.135. The van der Waals surface area contributed by atoms with Crippen LogP contribution < -0.4 is 15.5 Å². The maximum absolute atomic E-state index is 13.9. The smallest absolute Gasteiger partial charge is 0.193 e. The Morgan fingerprint density at radius 1 is 0.974 bits per heavy atom. The summed E-state index contributed by atoms with van der Waals surface area (Å²) in [4.78, 5) is 18.1. The number of aromatic nitrogens is 5. The minimum atomic E-state index is -0.124. The molecule has 190 valence electrons. The van der Waals surface area contributed by atoms with Crippen LogP contribution in [0.25, 0.3) is 38.2 Å². The van der Waals surface area contributed by atoms with Crippen molar-refractivity contribution in [1.29, 1.82) is 0 Å². The Kier molecular flexibility index (Phi) is 5.48. The molecule has 10 heteroatoms. The van der Waals surface area contributed by atoms with Gasteiger partial charge >= 0.3 is 0 Å². The standard InChI is InChI=1S/C29H19BrN6O3/c30-19-7-8-25-21(11-19)27(33-38)22-12-20(39-16-36-26-6-2-1-5-24(26)32-34-36)13-23-28(22)35(25)15-18(29(23)37)10-17-4-3-9-31-14-17/h1-9,11-15,38H,10,16H2/b33-27+. The van der Waals surface area contributed by atoms with Gasteiger partial charge in [-0.25, -0.2) is 4.68 Å². The molecular weight excluding hydrogens is 560 g/mol. The predicted octanol–water partition coefficient (Wildman–Crippen LogP) is 4.86. The van der Waals surface area contributed by atoms with Crippen molar-refractivity contribution < 1.29 is 9.94 Å². The van der Waals surface area contributed by atoms with Crippen LogP contribution in [0, 0.1) is 0 Å². The van der Waals surface area contributed by atoms with Gasteiger partial charge in [0.05, 0.1) is 21.9 Å². The van der Waals surface area contributed by atoms with Gasteiger partial charge in [0.25, 0.3) is 0 Å². The topological polar surface area (TPSA) is 107 Å². The summed E-state index contributed by atoms with van der Waals surface area (Å²) >= 11 is 3.53. The number of para-hydroxylation sites is 1. The summed E-state index contributed by atoms with van der Waals surface area (Å²) in [5, 5.41) is 24.3. The molecule has 7 aromatic rings. The average Bonchev–Trinajstić information content (AvgIpc) is 3.38. The number of halogens is 1. The van der Waals surface area contributed by atoms with E-state index in [2.05, 4.69) is 36.4 Å². The summed E-state index contributed by atoms with van der Waals surface area (Å²) in [5.74, 6) is 0.443. The second-order valence-corrected chi connectivity index (χ2v) is 10.1. The summed E-state index contributed by atoms with van der Waals surface area (Å²) in [5.41, 5.74) is 4.46. The van der Waals surface area contributed by atoms with E-state index in [1.54, 1.807) is 29.2 Å². The molecule has 39 heavy (non-hydrogen) atoms. The molecule has 0 aliphatic heterocycles. The average molecular weight is 579 g/mol. The van der Waals surface area contributed by atoms with Gasteiger partial charge in [0.2, 0.25) is 0 Å². The van der Waals surface area contributed by atoms with Crippen molar-refractivity contribution in [2.45, 2.75) is 13.2 Å². The summed E-state index contributed by atoms with van der Waals surface area (Å²) < 4.78 is 10.6. The van der Waals surface area contributed by atoms with Gasteiger partial charge in [-0.2, -0.15) is 0 Å². The molecule has 0 saturated carbocycles. The number of fused-ring (bicyclic) bond motifs is 3. The highest BCUT2D eigenvalue weighted by molar-refractivity contribution is 9.10. The zero-order valence-corrected chi connectivity index (χ0v) is 21.9. The fraction of sp³-hybridized carbons (Fsp3) is 0.0690. The first-order chi connectivity index (χ1) is 19.1. The van der Waals surface area contributed by atoms with E-state index in [0.29, 0.717) is 39.4 Å². The molecule has 4 heterocycles. The Labute approximate surface area is 228 Å². The highest BCUT2D eigenvalue weighted by atomic mass is 79.9. The molecule has 4 aromatic heterocycles. The molecule has 0 saturated heterocycles. The summed E-state index contributed by atoms with van der Waals surface area (Å²) in [7, 11) is 0. The van der Waals surface area contributed by atoms with Crippen LogP contribution in [0.5, 0.6) is 5.75 Å². The van der Waals surface area contributed by atoms with Crippen molar-refractivity contribution >= 4 is 54.2 Å². The third-order valence-electron chi connectivity index (χ3n) is 6.87. The fourth-order valence-electron chi connectivity index (χ4n) is 5.10. The van der Waals surface area contributed by atoms with Gasteiger partial charge < -0.3 is 14.3 Å². The molecule has 0 unspecified atom stereocenters. The number of nitrogens with zero attached hydrogens (tertiary/aromatic N) is 6. The monoisotopic (exact) mass is 578 g/mol. The van der Waals surface area contributed by atoms with Gasteiger partial charge in [0.1, 0.15) is 16.6 Å². The highest BCUT2D eigenvalue weighted by Crippen LogP contribution is 2.29. The second kappa shape index (κ2) is 9.17. The summed E-state index contributed by atoms with van der Waals surface area (Å²) in [6.07, 6.45) is 5.75. The zero-order chi connectivity index (χ0) is 26.5. The number of hydrogen-bond donors (Lipinski definition) is 1. The number of pyridine rings is 3. The second-order valence-electron chi connectivity index (χ2n) is 9.22. The Bertz CT molecular complexity index is 2160. The van der Waals surface area contributed by atoms with Crippen molar-refractivity contribution in [3.8, 4) is 5.75 Å². The molecule has 3 aromatic carbocycles. The number of rotatable bonds is 5. The van der Waals surface area contributed by atoms with Crippen LogP contribution in [0.2, 0.25) is 0 Å². The zero-order valence-electron chi connectivity index (χ0n) is 20.3. The van der Waals surface area contributed by atoms with E-state index in [4.69, 9.17) is 4.74 Å². The Hall–Kier alpha value is -4.83. The lowest BCUT2D eigenvalue weighted by molar-refractivity contribution is 0.224. The minimum Gasteiger partial charge on any atom is -0.471 e. The predicted molar refractivity (Wildman–Crippen MR) is 150 cm³/mol. The van der Waals surface area contributed by atoms with Crippen molar-refractivity contribution in [1.82, 2.24) is 24.4 Å². The van der Waals surface area contributed by atoms with Crippen LogP contribution in [-0.2, 0) is 13.2 Å². The van der Waals surface area contributed by atoms with Crippen LogP contribution in [0.4, 0.5) is 0 Å². The first kappa shape index (κ1) is 23.3. The van der Waals surface area contributed by atoms with Crippen molar-refractivity contribution in [3.05, 3.63) is 117 Å². The minimum absolute atomic E-state index is 0.0861. The molecule has 0 aliphatic carbocycles. The molecule has 0 bridgehead atoms. The van der Waals surface area contributed by atoms with Gasteiger partial charge in [-0.1, -0.05) is 44.5 Å². The molecule has 0 radical (unpaired) electrons. The van der Waals surface area contributed by atoms with Gasteiger partial charge in [0.15, 0.2) is 12.2 Å². The molecule has 1 N–H and O–H groups in total. The van der Waals surface area contributed by atoms with E-state index in [9.17, 15) is 10.0 Å². The summed E-state index contributed by atoms with van der Waals surface area (Å²) in [6.45, 7) is 0.0861. The lowest BCUT2D eigenvalue weighted by Crippen LogP contribution is -2.18. The maximum atomic E-state index is 13.9. The largest absolute Gasteiger partial charge is 0.471 e. The first-order valence-corrected chi connectivity index (χ1v) is 12.9. The maximum Gasteiger partial charge on any atom is 0.193 e. The summed E-state index contributed by atoms with van der Waals surface area (Å²) in [6, 6.07) is 20.7. The third kappa shape index (κ3) is 3.88. The third-order valence-corrected chi connectivity index (χ3v) is 7.36. The molecule has 0 atom stereocenters. The molecular formula is C29H19BrN6O3. The molecule has 0 fully saturated rings. The lowest BCUT2D eigenvalue weighted by Gasteiger charge is -2.16. The van der Waals surface area contributed by atoms with E-state index >= 15 is 0 Å². The van der Waals surface area contributed by atoms with Crippen LogP contribution >= 0.6 is 15.9 Å². The lowest BCUT2D eigenvalue weighted by atomic mass is 10.0. The van der Waals surface area contributed by atoms with Gasteiger partial charge in [-0.3, -0.25) is 9.78 Å². The van der Waals surface area contributed by atoms with E-state index in [1.807, 2.05) is 65.2 Å². The van der Waals surface area contributed by atoms with Crippen molar-refractivity contribution in [2.75, 3.05) is 0 Å². The first-order valence-electron chi connectivity index (χ1n) is 12.2. The Balaban J connectivity index is 1.47. The van der Waals surface area contributed by atoms with E-state index < -0.39 is 0 Å². The van der Waals surface area contributed by atoms with E-state index in [0.717, 1.165) is 32.0 Å². The highest BCUT2D eigenvalue weighted by Gasteiger charge is 2.18. The number of ether oxygens (including phenoxy) is 1. The molecule has 0 aliphatic rings. The van der Waals surface area contributed by atoms with Gasteiger partial charge in [0, 0.05) is 45.8 Å². The van der Waals surface area contributed by atoms with E-state index in [-0.39, 0.29) is 12.2 Å². The fourth-order valence-corrected chi connectivity index (χ4v) is 5.47. The Morgan fingerprint density at radius 3 is 2.69 bits per heavy atom. The Morgan fingerprint density at radius 2 is 1.85 bits per heavy atom. The molecule has 9 nitrogen and oxygen atoms in total. The van der Waals surface area contributed by atoms with Crippen LogP contribution in [0.3, 0.4) is 0 Å². The van der Waals surface area contributed by atoms with Crippen molar-refractivity contribution in [3.63, 3.8) is 0 Å². The normalized spacial score (nSPS) is 12.3. The number of benzene rings is 3. The van der Waals surface area contributed by atoms with Crippen molar-refractivity contribution in [2.24, 2.45) is 5.16 Å². The molecule has 0 spiro atoms. The van der Waals surface area contributed by atoms with Gasteiger partial charge in [-0.05, 0) is 54.1 Å². The molecule has 7 rings (SSSR count). The van der Waals surface area contributed by atoms with Crippen LogP contribution in [-0.4, -0.2) is 29.6 Å². The van der Waals surface area contributed by atoms with Gasteiger partial charge in [-0.15, -0.1) is 5.10 Å². The van der Waals surface area contributed by atoms with E-state index in [1.165, 1.54) is 0 Å². The number of hydrogen-bond acceptors (Lipinski definition) is 7. The van der Waals surface area contributed by atoms with Crippen LogP contribution in [0.15, 0.2) is 99.7 Å². The van der Waals surface area contributed by atoms with Crippen LogP contribution in [0.1, 0.15) is 11.1 Å². The SMILES string of the molecule is O=c1c(Cc2cccnc2)cn2c3ccc(Br)cc3/c(=N\O)c3cc(OCn4nnc5ccccc54)cc1c32.